The Morgan fingerprint density at radius 1 is 0.197 bits per heavy atom. The monoisotopic (exact) mass is 848 g/mol. The van der Waals surface area contributed by atoms with Crippen molar-refractivity contribution in [2.75, 3.05) is 0 Å². The molecule has 0 saturated carbocycles. The molecular formula is C56H36N10. The van der Waals surface area contributed by atoms with Gasteiger partial charge >= 0.3 is 0 Å². The lowest BCUT2D eigenvalue weighted by Gasteiger charge is -2.14. The first-order chi connectivity index (χ1) is 32.7. The van der Waals surface area contributed by atoms with Gasteiger partial charge in [-0.1, -0.05) is 182 Å². The Kier molecular flexibility index (Phi) is 10.7. The maximum Gasteiger partial charge on any atom is 0.182 e. The number of hydrogen-bond donors (Lipinski definition) is 0. The smallest absolute Gasteiger partial charge is 0.182 e. The fraction of sp³-hybridized carbons (Fsp3) is 0. The van der Waals surface area contributed by atoms with Crippen molar-refractivity contribution in [3.63, 3.8) is 0 Å². The number of benzene rings is 7. The molecule has 66 heavy (non-hydrogen) atoms. The molecule has 11 aromatic rings. The molecule has 4 heterocycles. The molecule has 0 N–H and O–H groups in total. The lowest BCUT2D eigenvalue weighted by molar-refractivity contribution is 1.06. The largest absolute Gasteiger partial charge is 0.253 e. The molecule has 310 valence electrons. The van der Waals surface area contributed by atoms with Crippen molar-refractivity contribution < 1.29 is 0 Å². The predicted molar refractivity (Wildman–Crippen MR) is 259 cm³/mol. The van der Waals surface area contributed by atoms with E-state index in [1.807, 2.05) is 194 Å². The normalized spacial score (nSPS) is 11.0. The molecule has 0 aliphatic rings. The number of nitrogens with zero attached hydrogens (tertiary/aromatic N) is 10. The Hall–Kier alpha value is -9.28. The van der Waals surface area contributed by atoms with E-state index in [9.17, 15) is 0 Å². The second-order valence-electron chi connectivity index (χ2n) is 15.3. The molecule has 0 atom stereocenters. The van der Waals surface area contributed by atoms with E-state index in [0.717, 1.165) is 55.6 Å². The van der Waals surface area contributed by atoms with Crippen LogP contribution in [0.4, 0.5) is 0 Å². The highest BCUT2D eigenvalue weighted by molar-refractivity contribution is 5.85. The molecule has 10 heteroatoms. The van der Waals surface area contributed by atoms with Crippen LogP contribution in [0, 0.1) is 0 Å². The highest BCUT2D eigenvalue weighted by Crippen LogP contribution is 2.36. The van der Waals surface area contributed by atoms with Crippen LogP contribution in [0.15, 0.2) is 219 Å². The lowest BCUT2D eigenvalue weighted by Crippen LogP contribution is -2.03. The summed E-state index contributed by atoms with van der Waals surface area (Å²) in [5.74, 6) is 4.76. The van der Waals surface area contributed by atoms with E-state index in [-0.39, 0.29) is 0 Å². The highest BCUT2D eigenvalue weighted by Gasteiger charge is 2.20. The second kappa shape index (κ2) is 17.8. The Morgan fingerprint density at radius 3 is 0.939 bits per heavy atom. The van der Waals surface area contributed by atoms with E-state index in [0.29, 0.717) is 58.1 Å². The maximum absolute atomic E-state index is 5.18. The van der Waals surface area contributed by atoms with Crippen molar-refractivity contribution in [3.8, 4) is 114 Å². The minimum absolute atomic E-state index is 0.473. The number of rotatable bonds is 10. The predicted octanol–water partition coefficient (Wildman–Crippen LogP) is 12.3. The summed E-state index contributed by atoms with van der Waals surface area (Å²) in [6, 6.07) is 69.8. The van der Waals surface area contributed by atoms with Crippen molar-refractivity contribution >= 4 is 0 Å². The van der Waals surface area contributed by atoms with Gasteiger partial charge in [-0.3, -0.25) is 4.98 Å². The fourth-order valence-electron chi connectivity index (χ4n) is 7.64. The van der Waals surface area contributed by atoms with Gasteiger partial charge in [0.1, 0.15) is 5.69 Å². The molecule has 0 spiro atoms. The van der Waals surface area contributed by atoms with Crippen LogP contribution in [-0.4, -0.2) is 49.8 Å². The molecule has 0 amide bonds. The van der Waals surface area contributed by atoms with Crippen LogP contribution in [0.1, 0.15) is 0 Å². The van der Waals surface area contributed by atoms with Gasteiger partial charge in [0.25, 0.3) is 0 Å². The van der Waals surface area contributed by atoms with Crippen LogP contribution < -0.4 is 0 Å². The third-order valence-corrected chi connectivity index (χ3v) is 10.9. The SMILES string of the molecule is c1ccc(-c2nc(-c3cccc(-c4nc(-c5ccccc5)nc(-c5ccccn5)n4)c3)nc(-c3ccc(-c4nc(-c5ccccc5)nc(-c5ccccc5)n4)c(-c4ccccc4)c3)n2)cc1. The van der Waals surface area contributed by atoms with E-state index in [4.69, 9.17) is 44.9 Å². The molecule has 0 radical (unpaired) electrons. The molecule has 0 saturated heterocycles. The molecule has 0 fully saturated rings. The summed E-state index contributed by atoms with van der Waals surface area (Å²) in [4.78, 5) is 49.8. The second-order valence-corrected chi connectivity index (χ2v) is 15.3. The van der Waals surface area contributed by atoms with Crippen LogP contribution in [0.2, 0.25) is 0 Å². The summed E-state index contributed by atoms with van der Waals surface area (Å²) < 4.78 is 0. The molecular weight excluding hydrogens is 813 g/mol. The van der Waals surface area contributed by atoms with Gasteiger partial charge in [-0.2, -0.15) is 0 Å². The van der Waals surface area contributed by atoms with Crippen molar-refractivity contribution in [1.82, 2.24) is 49.8 Å². The summed E-state index contributed by atoms with van der Waals surface area (Å²) in [7, 11) is 0. The molecule has 4 aromatic heterocycles. The maximum atomic E-state index is 5.18. The molecule has 11 rings (SSSR count). The van der Waals surface area contributed by atoms with Crippen LogP contribution in [0.5, 0.6) is 0 Å². The Balaban J connectivity index is 1.06. The zero-order chi connectivity index (χ0) is 44.1. The van der Waals surface area contributed by atoms with E-state index in [1.54, 1.807) is 6.20 Å². The van der Waals surface area contributed by atoms with E-state index in [2.05, 4.69) is 23.2 Å². The van der Waals surface area contributed by atoms with E-state index >= 15 is 0 Å². The van der Waals surface area contributed by atoms with Gasteiger partial charge in [-0.05, 0) is 41.5 Å². The van der Waals surface area contributed by atoms with Crippen LogP contribution >= 0.6 is 0 Å². The highest BCUT2D eigenvalue weighted by atomic mass is 15.1. The minimum atomic E-state index is 0.473. The lowest BCUT2D eigenvalue weighted by atomic mass is 9.96. The molecule has 10 nitrogen and oxygen atoms in total. The molecule has 0 bridgehead atoms. The Labute approximate surface area is 380 Å². The zero-order valence-corrected chi connectivity index (χ0v) is 35.3. The Bertz CT molecular complexity index is 3340. The first kappa shape index (κ1) is 39.6. The number of hydrogen-bond acceptors (Lipinski definition) is 10. The first-order valence-corrected chi connectivity index (χ1v) is 21.4. The minimum Gasteiger partial charge on any atom is -0.253 e. The fourth-order valence-corrected chi connectivity index (χ4v) is 7.64. The standard InChI is InChI=1S/C56H36N10/c1-6-19-37(20-7-1)46-36-44(32-33-45(46)55-63-49(39-23-10-3-11-24-39)58-50(64-55)40-25-12-4-13-26-40)54-60-48(38-21-8-2-9-22-38)59-52(62-54)42-29-18-30-43(35-42)53-61-51(41-27-14-5-15-28-41)65-56(66-53)47-31-16-17-34-57-47/h1-36H. The average Bonchev–Trinajstić information content (AvgIpc) is 3.42. The van der Waals surface area contributed by atoms with Crippen LogP contribution in [0.25, 0.3) is 114 Å². The topological polar surface area (TPSA) is 129 Å². The third-order valence-electron chi connectivity index (χ3n) is 10.9. The third kappa shape index (κ3) is 8.33. The summed E-state index contributed by atoms with van der Waals surface area (Å²) in [5.41, 5.74) is 9.23. The van der Waals surface area contributed by atoms with E-state index < -0.39 is 0 Å². The summed E-state index contributed by atoms with van der Waals surface area (Å²) in [6.45, 7) is 0. The van der Waals surface area contributed by atoms with Crippen LogP contribution in [-0.2, 0) is 0 Å². The molecule has 0 aliphatic carbocycles. The van der Waals surface area contributed by atoms with Gasteiger partial charge in [-0.25, -0.2) is 44.9 Å². The number of aromatic nitrogens is 10. The van der Waals surface area contributed by atoms with Gasteiger partial charge in [0.05, 0.1) is 0 Å². The van der Waals surface area contributed by atoms with Gasteiger partial charge in [0, 0.05) is 50.7 Å². The summed E-state index contributed by atoms with van der Waals surface area (Å²) in [5, 5.41) is 0. The van der Waals surface area contributed by atoms with Crippen molar-refractivity contribution in [2.24, 2.45) is 0 Å². The number of pyridine rings is 1. The Morgan fingerprint density at radius 2 is 0.530 bits per heavy atom. The van der Waals surface area contributed by atoms with Crippen LogP contribution in [0.3, 0.4) is 0 Å². The van der Waals surface area contributed by atoms with Gasteiger partial charge in [0.15, 0.2) is 52.4 Å². The zero-order valence-electron chi connectivity index (χ0n) is 35.3. The summed E-state index contributed by atoms with van der Waals surface area (Å²) >= 11 is 0. The molecule has 7 aromatic carbocycles. The van der Waals surface area contributed by atoms with Crippen molar-refractivity contribution in [2.45, 2.75) is 0 Å². The molecule has 0 aliphatic heterocycles. The first-order valence-electron chi connectivity index (χ1n) is 21.4. The summed E-state index contributed by atoms with van der Waals surface area (Å²) in [6.07, 6.45) is 1.73. The average molecular weight is 849 g/mol. The van der Waals surface area contributed by atoms with Crippen molar-refractivity contribution in [3.05, 3.63) is 219 Å². The van der Waals surface area contributed by atoms with Gasteiger partial charge < -0.3 is 0 Å². The van der Waals surface area contributed by atoms with Gasteiger partial charge in [0.2, 0.25) is 0 Å². The quantitative estimate of drug-likeness (QED) is 0.131. The van der Waals surface area contributed by atoms with Crippen molar-refractivity contribution in [1.29, 1.82) is 0 Å². The van der Waals surface area contributed by atoms with E-state index in [1.165, 1.54) is 0 Å². The van der Waals surface area contributed by atoms with Gasteiger partial charge in [-0.15, -0.1) is 0 Å². The molecule has 0 unspecified atom stereocenters.